The lowest BCUT2D eigenvalue weighted by molar-refractivity contribution is -0.119. The summed E-state index contributed by atoms with van der Waals surface area (Å²) < 4.78 is 2.88. The summed E-state index contributed by atoms with van der Waals surface area (Å²) >= 11 is 6.06. The monoisotopic (exact) mass is 534 g/mol. The van der Waals surface area contributed by atoms with Crippen LogP contribution in [0.25, 0.3) is 10.9 Å². The summed E-state index contributed by atoms with van der Waals surface area (Å²) in [6.45, 7) is 3.45. The molecule has 2 aliphatic rings. The van der Waals surface area contributed by atoms with Crippen LogP contribution in [0.5, 0.6) is 0 Å². The minimum absolute atomic E-state index is 0.181. The van der Waals surface area contributed by atoms with Crippen LogP contribution in [0.3, 0.4) is 0 Å². The highest BCUT2D eigenvalue weighted by Gasteiger charge is 2.34. The van der Waals surface area contributed by atoms with Crippen LogP contribution < -0.4 is 27.2 Å². The average molecular weight is 535 g/mol. The molecule has 0 radical (unpaired) electrons. The van der Waals surface area contributed by atoms with Crippen molar-refractivity contribution in [3.05, 3.63) is 73.4 Å². The number of benzene rings is 2. The number of amides is 2. The molecule has 2 atom stereocenters. The van der Waals surface area contributed by atoms with E-state index in [-0.39, 0.29) is 27.7 Å². The van der Waals surface area contributed by atoms with Gasteiger partial charge < -0.3 is 16.0 Å². The standard InChI is InChI=1S/C27H27ClN6O4/c1-2-33-23-8-7-18(10-19(23)26(37)34(27(33)38)14-15-3-4-15)31-25(36)20-12-30-13-22(20)32-24(35)16-5-6-17(11-29)21(28)9-16/h5-10,15,20,22,30H,2-4,12-14H2,1H3,(H,31,36)(H,32,35)/t20-,22-/m1/s1. The van der Waals surface area contributed by atoms with Gasteiger partial charge in [-0.25, -0.2) is 4.79 Å². The molecule has 2 heterocycles. The fourth-order valence-electron chi connectivity index (χ4n) is 4.87. The summed E-state index contributed by atoms with van der Waals surface area (Å²) in [7, 11) is 0. The minimum Gasteiger partial charge on any atom is -0.347 e. The molecule has 11 heteroatoms. The Labute approximate surface area is 223 Å². The molecule has 1 aromatic heterocycles. The Kier molecular flexibility index (Phi) is 7.06. The number of carbonyl (C=O) groups is 2. The highest BCUT2D eigenvalue weighted by Crippen LogP contribution is 2.30. The lowest BCUT2D eigenvalue weighted by Gasteiger charge is -2.20. The van der Waals surface area contributed by atoms with Crippen LogP contribution in [0.2, 0.25) is 5.02 Å². The minimum atomic E-state index is -0.556. The first kappa shape index (κ1) is 25.7. The molecular formula is C27H27ClN6O4. The molecule has 2 fully saturated rings. The Hall–Kier alpha value is -3.94. The number of aryl methyl sites for hydroxylation is 1. The molecule has 10 nitrogen and oxygen atoms in total. The van der Waals surface area contributed by atoms with Gasteiger partial charge in [-0.15, -0.1) is 0 Å². The second kappa shape index (κ2) is 10.4. The first-order valence-electron chi connectivity index (χ1n) is 12.6. The molecule has 0 bridgehead atoms. The van der Waals surface area contributed by atoms with Crippen LogP contribution in [0.4, 0.5) is 5.69 Å². The normalized spacial score (nSPS) is 18.8. The molecule has 2 aromatic carbocycles. The third kappa shape index (κ3) is 4.95. The molecule has 3 aromatic rings. The SMILES string of the molecule is CCn1c(=O)n(CC2CC2)c(=O)c2cc(NC(=O)[C@@H]3CNC[C@H]3NC(=O)c3ccc(C#N)c(Cl)c3)ccc21. The number of carbonyl (C=O) groups excluding carboxylic acids is 2. The molecule has 3 N–H and O–H groups in total. The van der Waals surface area contributed by atoms with E-state index in [9.17, 15) is 19.2 Å². The van der Waals surface area contributed by atoms with Crippen molar-refractivity contribution in [2.75, 3.05) is 18.4 Å². The van der Waals surface area contributed by atoms with Gasteiger partial charge in [0, 0.05) is 37.4 Å². The van der Waals surface area contributed by atoms with Gasteiger partial charge in [0.25, 0.3) is 11.5 Å². The third-order valence-corrected chi connectivity index (χ3v) is 7.48. The van der Waals surface area contributed by atoms with Crippen molar-refractivity contribution in [2.45, 2.75) is 38.9 Å². The van der Waals surface area contributed by atoms with Crippen molar-refractivity contribution < 1.29 is 9.59 Å². The summed E-state index contributed by atoms with van der Waals surface area (Å²) in [5.74, 6) is -0.907. The molecule has 1 saturated heterocycles. The van der Waals surface area contributed by atoms with E-state index in [2.05, 4.69) is 16.0 Å². The quantitative estimate of drug-likeness (QED) is 0.424. The maximum Gasteiger partial charge on any atom is 0.331 e. The molecule has 0 unspecified atom stereocenters. The van der Waals surface area contributed by atoms with E-state index < -0.39 is 17.9 Å². The number of anilines is 1. The Balaban J connectivity index is 1.35. The van der Waals surface area contributed by atoms with Gasteiger partial charge in [0.1, 0.15) is 6.07 Å². The van der Waals surface area contributed by atoms with Gasteiger partial charge in [0.05, 0.1) is 33.4 Å². The number of rotatable bonds is 7. The smallest absolute Gasteiger partial charge is 0.331 e. The number of aromatic nitrogens is 2. The van der Waals surface area contributed by atoms with Crippen molar-refractivity contribution in [3.63, 3.8) is 0 Å². The number of hydrogen-bond donors (Lipinski definition) is 3. The van der Waals surface area contributed by atoms with Gasteiger partial charge in [-0.3, -0.25) is 23.5 Å². The van der Waals surface area contributed by atoms with Crippen LogP contribution in [-0.4, -0.2) is 40.1 Å². The van der Waals surface area contributed by atoms with E-state index in [1.807, 2.05) is 13.0 Å². The van der Waals surface area contributed by atoms with E-state index in [0.29, 0.717) is 54.3 Å². The summed E-state index contributed by atoms with van der Waals surface area (Å²) in [6.07, 6.45) is 2.02. The number of nitriles is 1. The van der Waals surface area contributed by atoms with Crippen molar-refractivity contribution in [2.24, 2.45) is 11.8 Å². The van der Waals surface area contributed by atoms with Gasteiger partial charge in [-0.1, -0.05) is 11.6 Å². The van der Waals surface area contributed by atoms with Crippen LogP contribution in [0, 0.1) is 23.2 Å². The first-order chi connectivity index (χ1) is 18.3. The number of nitrogens with zero attached hydrogens (tertiary/aromatic N) is 3. The van der Waals surface area contributed by atoms with Gasteiger partial charge in [-0.2, -0.15) is 5.26 Å². The fourth-order valence-corrected chi connectivity index (χ4v) is 5.09. The predicted octanol–water partition coefficient (Wildman–Crippen LogP) is 2.07. The zero-order chi connectivity index (χ0) is 27.0. The second-order valence-corrected chi connectivity index (χ2v) is 10.2. The number of hydrogen-bond acceptors (Lipinski definition) is 6. The van der Waals surface area contributed by atoms with E-state index in [4.69, 9.17) is 16.9 Å². The van der Waals surface area contributed by atoms with Crippen molar-refractivity contribution in [1.82, 2.24) is 19.8 Å². The first-order valence-corrected chi connectivity index (χ1v) is 13.0. The Morgan fingerprint density at radius 1 is 1.13 bits per heavy atom. The van der Waals surface area contributed by atoms with E-state index >= 15 is 0 Å². The number of halogens is 1. The van der Waals surface area contributed by atoms with Crippen LogP contribution >= 0.6 is 11.6 Å². The molecular weight excluding hydrogens is 508 g/mol. The Morgan fingerprint density at radius 2 is 1.92 bits per heavy atom. The predicted molar refractivity (Wildman–Crippen MR) is 143 cm³/mol. The van der Waals surface area contributed by atoms with E-state index in [0.717, 1.165) is 12.8 Å². The van der Waals surface area contributed by atoms with E-state index in [1.165, 1.54) is 22.8 Å². The number of nitrogens with one attached hydrogen (secondary N) is 3. The van der Waals surface area contributed by atoms with Gasteiger partial charge in [0.15, 0.2) is 0 Å². The largest absolute Gasteiger partial charge is 0.347 e. The maximum atomic E-state index is 13.2. The fraction of sp³-hybridized carbons (Fsp3) is 0.370. The third-order valence-electron chi connectivity index (χ3n) is 7.17. The van der Waals surface area contributed by atoms with Crippen molar-refractivity contribution >= 4 is 40.0 Å². The maximum absolute atomic E-state index is 13.2. The van der Waals surface area contributed by atoms with Crippen molar-refractivity contribution in [1.29, 1.82) is 5.26 Å². The lowest BCUT2D eigenvalue weighted by Crippen LogP contribution is -2.44. The van der Waals surface area contributed by atoms with Crippen molar-refractivity contribution in [3.8, 4) is 6.07 Å². The van der Waals surface area contributed by atoms with E-state index in [1.54, 1.807) is 22.8 Å². The topological polar surface area (TPSA) is 138 Å². The zero-order valence-corrected chi connectivity index (χ0v) is 21.5. The lowest BCUT2D eigenvalue weighted by atomic mass is 10.0. The molecule has 0 spiro atoms. The molecule has 1 aliphatic heterocycles. The molecule has 2 amide bonds. The summed E-state index contributed by atoms with van der Waals surface area (Å²) in [4.78, 5) is 52.1. The van der Waals surface area contributed by atoms with Gasteiger partial charge in [0.2, 0.25) is 5.91 Å². The second-order valence-electron chi connectivity index (χ2n) is 9.76. The Bertz CT molecular complexity index is 1600. The highest BCUT2D eigenvalue weighted by molar-refractivity contribution is 6.32. The number of fused-ring (bicyclic) bond motifs is 1. The van der Waals surface area contributed by atoms with Gasteiger partial charge in [-0.05, 0) is 62.1 Å². The molecule has 38 heavy (non-hydrogen) atoms. The van der Waals surface area contributed by atoms with Gasteiger partial charge >= 0.3 is 5.69 Å². The molecule has 196 valence electrons. The summed E-state index contributed by atoms with van der Waals surface area (Å²) in [6, 6.07) is 10.9. The summed E-state index contributed by atoms with van der Waals surface area (Å²) in [5, 5.41) is 18.5. The zero-order valence-electron chi connectivity index (χ0n) is 20.8. The highest BCUT2D eigenvalue weighted by atomic mass is 35.5. The average Bonchev–Trinajstić information content (AvgIpc) is 3.62. The van der Waals surface area contributed by atoms with Crippen LogP contribution in [-0.2, 0) is 17.9 Å². The Morgan fingerprint density at radius 3 is 2.61 bits per heavy atom. The molecule has 1 saturated carbocycles. The molecule has 1 aliphatic carbocycles. The molecule has 5 rings (SSSR count). The van der Waals surface area contributed by atoms with Crippen LogP contribution in [0.1, 0.15) is 35.7 Å². The summed E-state index contributed by atoms with van der Waals surface area (Å²) in [5.41, 5.74) is 0.864. The van der Waals surface area contributed by atoms with Crippen LogP contribution in [0.15, 0.2) is 46.0 Å².